The minimum Gasteiger partial charge on any atom is -0.487 e. The zero-order valence-corrected chi connectivity index (χ0v) is 15.2. The van der Waals surface area contributed by atoms with E-state index in [9.17, 15) is 18.0 Å². The third-order valence-corrected chi connectivity index (χ3v) is 3.39. The molecule has 0 amide bonds. The monoisotopic (exact) mass is 396 g/mol. The molecule has 0 aromatic heterocycles. The molecule has 0 spiro atoms. The molecule has 0 aliphatic rings. The molecule has 0 aliphatic heterocycles. The van der Waals surface area contributed by atoms with Crippen LogP contribution in [0.3, 0.4) is 0 Å². The molecule has 5 nitrogen and oxygen atoms in total. The van der Waals surface area contributed by atoms with Crippen molar-refractivity contribution in [3.8, 4) is 17.2 Å². The average molecular weight is 396 g/mol. The molecule has 0 heterocycles. The fourth-order valence-corrected chi connectivity index (χ4v) is 2.07. The van der Waals surface area contributed by atoms with Crippen LogP contribution in [0.15, 0.2) is 60.7 Å². The van der Waals surface area contributed by atoms with E-state index in [0.717, 1.165) is 12.1 Å². The van der Waals surface area contributed by atoms with Crippen LogP contribution in [-0.4, -0.2) is 26.0 Å². The van der Waals surface area contributed by atoms with Gasteiger partial charge in [0.25, 0.3) is 0 Å². The number of alkyl halides is 3. The first-order valence-corrected chi connectivity index (χ1v) is 8.23. The third-order valence-electron chi connectivity index (χ3n) is 3.39. The Morgan fingerprint density at radius 3 is 2.07 bits per heavy atom. The van der Waals surface area contributed by atoms with E-state index in [1.54, 1.807) is 31.2 Å². The summed E-state index contributed by atoms with van der Waals surface area (Å²) < 4.78 is 58.1. The molecular weight excluding hydrogens is 377 g/mol. The third kappa shape index (κ3) is 6.96. The molecule has 8 heteroatoms. The highest BCUT2D eigenvalue weighted by Crippen LogP contribution is 2.31. The number of halogens is 3. The second-order valence-corrected chi connectivity index (χ2v) is 5.65. The zero-order chi connectivity index (χ0) is 20.6. The van der Waals surface area contributed by atoms with E-state index in [-0.39, 0.29) is 12.5 Å². The molecule has 1 unspecified atom stereocenters. The van der Waals surface area contributed by atoms with Crippen LogP contribution in [0.1, 0.15) is 12.5 Å². The summed E-state index contributed by atoms with van der Waals surface area (Å²) in [4.78, 5) is 11.3. The number of methoxy groups -OCH3 is 1. The van der Waals surface area contributed by atoms with Crippen molar-refractivity contribution in [3.05, 3.63) is 66.2 Å². The Balaban J connectivity index is 1.89. The number of esters is 1. The van der Waals surface area contributed by atoms with Crippen molar-refractivity contribution >= 4 is 5.97 Å². The van der Waals surface area contributed by atoms with Crippen molar-refractivity contribution < 1.29 is 36.9 Å². The van der Waals surface area contributed by atoms with E-state index < -0.39 is 23.8 Å². The molecule has 0 radical (unpaired) electrons. The van der Waals surface area contributed by atoms with Gasteiger partial charge in [-0.2, -0.15) is 13.2 Å². The smallest absolute Gasteiger partial charge is 0.416 e. The van der Waals surface area contributed by atoms with Gasteiger partial charge in [-0.05, 0) is 61.5 Å². The highest BCUT2D eigenvalue weighted by molar-refractivity contribution is 5.81. The van der Waals surface area contributed by atoms with Crippen LogP contribution in [0.2, 0.25) is 0 Å². The standard InChI is InChI=1S/C20H19F3O5/c1-14(3-12-19(24)26-13-25-2)27-16-8-10-18(11-9-16)28-17-6-4-15(5-7-17)20(21,22)23/h3-12,14H,13H2,1-2H3. The molecule has 0 N–H and O–H groups in total. The predicted octanol–water partition coefficient (Wildman–Crippen LogP) is 4.97. The molecule has 1 atom stereocenters. The van der Waals surface area contributed by atoms with Gasteiger partial charge in [-0.25, -0.2) is 4.79 Å². The van der Waals surface area contributed by atoms with Crippen LogP contribution < -0.4 is 9.47 Å². The van der Waals surface area contributed by atoms with E-state index in [4.69, 9.17) is 14.2 Å². The van der Waals surface area contributed by atoms with Crippen LogP contribution >= 0.6 is 0 Å². The summed E-state index contributed by atoms with van der Waals surface area (Å²) in [7, 11) is 1.41. The fourth-order valence-electron chi connectivity index (χ4n) is 2.07. The Bertz CT molecular complexity index is 783. The van der Waals surface area contributed by atoms with Crippen molar-refractivity contribution in [1.82, 2.24) is 0 Å². The molecule has 2 aromatic carbocycles. The van der Waals surface area contributed by atoms with E-state index in [0.29, 0.717) is 11.5 Å². The van der Waals surface area contributed by atoms with Gasteiger partial charge in [-0.15, -0.1) is 0 Å². The molecule has 28 heavy (non-hydrogen) atoms. The minimum atomic E-state index is -4.39. The molecule has 2 aromatic rings. The highest BCUT2D eigenvalue weighted by Gasteiger charge is 2.30. The number of hydrogen-bond acceptors (Lipinski definition) is 5. The van der Waals surface area contributed by atoms with Gasteiger partial charge in [0.1, 0.15) is 23.4 Å². The van der Waals surface area contributed by atoms with Crippen molar-refractivity contribution in [2.75, 3.05) is 13.9 Å². The zero-order valence-electron chi connectivity index (χ0n) is 15.2. The largest absolute Gasteiger partial charge is 0.487 e. The van der Waals surface area contributed by atoms with Gasteiger partial charge in [-0.3, -0.25) is 0 Å². The Labute approximate surface area is 160 Å². The predicted molar refractivity (Wildman–Crippen MR) is 95.2 cm³/mol. The summed E-state index contributed by atoms with van der Waals surface area (Å²) in [6, 6.07) is 11.0. The number of carbonyl (C=O) groups excluding carboxylic acids is 1. The van der Waals surface area contributed by atoms with Gasteiger partial charge in [0.05, 0.1) is 5.56 Å². The lowest BCUT2D eigenvalue weighted by atomic mass is 10.2. The number of hydrogen-bond donors (Lipinski definition) is 0. The van der Waals surface area contributed by atoms with Gasteiger partial charge < -0.3 is 18.9 Å². The summed E-state index contributed by atoms with van der Waals surface area (Å²) in [5.74, 6) is 0.714. The Hall–Kier alpha value is -3.00. The first-order valence-electron chi connectivity index (χ1n) is 8.23. The average Bonchev–Trinajstić information content (AvgIpc) is 2.66. The molecule has 0 fully saturated rings. The first-order chi connectivity index (χ1) is 13.3. The second-order valence-electron chi connectivity index (χ2n) is 5.65. The Kier molecular flexibility index (Phi) is 7.45. The molecule has 2 rings (SSSR count). The van der Waals surface area contributed by atoms with Gasteiger partial charge in [0.15, 0.2) is 6.79 Å². The highest BCUT2D eigenvalue weighted by atomic mass is 19.4. The van der Waals surface area contributed by atoms with E-state index in [1.165, 1.54) is 31.4 Å². The lowest BCUT2D eigenvalue weighted by Gasteiger charge is -2.12. The van der Waals surface area contributed by atoms with Crippen LogP contribution in [0.5, 0.6) is 17.2 Å². The summed E-state index contributed by atoms with van der Waals surface area (Å²) in [6.45, 7) is 1.62. The second kappa shape index (κ2) is 9.80. The summed E-state index contributed by atoms with van der Waals surface area (Å²) in [5.41, 5.74) is -0.739. The van der Waals surface area contributed by atoms with Crippen molar-refractivity contribution in [2.45, 2.75) is 19.2 Å². The Morgan fingerprint density at radius 1 is 1.00 bits per heavy atom. The summed E-state index contributed by atoms with van der Waals surface area (Å²) in [6.07, 6.45) is -2.00. The van der Waals surface area contributed by atoms with Crippen molar-refractivity contribution in [2.24, 2.45) is 0 Å². The summed E-state index contributed by atoms with van der Waals surface area (Å²) >= 11 is 0. The van der Waals surface area contributed by atoms with Crippen molar-refractivity contribution in [1.29, 1.82) is 0 Å². The van der Waals surface area contributed by atoms with E-state index >= 15 is 0 Å². The molecule has 0 saturated carbocycles. The van der Waals surface area contributed by atoms with Crippen LogP contribution in [0.4, 0.5) is 13.2 Å². The maximum atomic E-state index is 12.6. The van der Waals surface area contributed by atoms with Gasteiger partial charge in [0.2, 0.25) is 0 Å². The SMILES string of the molecule is COCOC(=O)C=CC(C)Oc1ccc(Oc2ccc(C(F)(F)F)cc2)cc1. The quantitative estimate of drug-likeness (QED) is 0.358. The lowest BCUT2D eigenvalue weighted by molar-refractivity contribution is -0.148. The lowest BCUT2D eigenvalue weighted by Crippen LogP contribution is -2.10. The number of ether oxygens (including phenoxy) is 4. The number of carbonyl (C=O) groups is 1. The molecule has 0 saturated heterocycles. The van der Waals surface area contributed by atoms with Crippen LogP contribution in [0, 0.1) is 0 Å². The summed E-state index contributed by atoms with van der Waals surface area (Å²) in [5, 5.41) is 0. The molecule has 0 aliphatic carbocycles. The molecular formula is C20H19F3O5. The molecule has 150 valence electrons. The topological polar surface area (TPSA) is 54.0 Å². The van der Waals surface area contributed by atoms with E-state index in [2.05, 4.69) is 4.74 Å². The first kappa shape index (κ1) is 21.3. The van der Waals surface area contributed by atoms with Gasteiger partial charge >= 0.3 is 12.1 Å². The van der Waals surface area contributed by atoms with Crippen LogP contribution in [-0.2, 0) is 20.4 Å². The number of benzene rings is 2. The maximum Gasteiger partial charge on any atom is 0.416 e. The van der Waals surface area contributed by atoms with Gasteiger partial charge in [-0.1, -0.05) is 0 Å². The van der Waals surface area contributed by atoms with Crippen molar-refractivity contribution in [3.63, 3.8) is 0 Å². The van der Waals surface area contributed by atoms with Gasteiger partial charge in [0, 0.05) is 13.2 Å². The molecule has 0 bridgehead atoms. The maximum absolute atomic E-state index is 12.6. The Morgan fingerprint density at radius 2 is 1.54 bits per heavy atom. The minimum absolute atomic E-state index is 0.126. The fraction of sp³-hybridized carbons (Fsp3) is 0.250. The van der Waals surface area contributed by atoms with Crippen LogP contribution in [0.25, 0.3) is 0 Å². The van der Waals surface area contributed by atoms with E-state index in [1.807, 2.05) is 0 Å². The number of rotatable bonds is 8. The normalized spacial score (nSPS) is 12.6.